The van der Waals surface area contributed by atoms with Gasteiger partial charge >= 0.3 is 19.5 Å². The van der Waals surface area contributed by atoms with Crippen LogP contribution in [-0.2, 0) is 20.6 Å². The van der Waals surface area contributed by atoms with E-state index in [4.69, 9.17) is 9.47 Å². The van der Waals surface area contributed by atoms with Crippen molar-refractivity contribution < 1.29 is 14.0 Å². The molecule has 3 atom stereocenters. The van der Waals surface area contributed by atoms with Crippen LogP contribution in [0.4, 0.5) is 0 Å². The molecule has 0 saturated carbocycles. The molecule has 0 amide bonds. The largest absolute Gasteiger partial charge is 0.398 e. The highest BCUT2D eigenvalue weighted by Crippen LogP contribution is 2.30. The van der Waals surface area contributed by atoms with Crippen molar-refractivity contribution in [3.05, 3.63) is 32.6 Å². The van der Waals surface area contributed by atoms with Crippen LogP contribution in [0.2, 0.25) is 0 Å². The summed E-state index contributed by atoms with van der Waals surface area (Å²) in [6.45, 7) is 3.69. The lowest BCUT2D eigenvalue weighted by Crippen LogP contribution is -2.34. The number of nitrogens with zero attached hydrogens (tertiary/aromatic N) is 1. The highest BCUT2D eigenvalue weighted by atomic mass is 31.1. The second-order valence-electron chi connectivity index (χ2n) is 4.17. The molecule has 3 unspecified atom stereocenters. The Kier molecular flexibility index (Phi) is 3.75. The van der Waals surface area contributed by atoms with Crippen molar-refractivity contribution in [1.82, 2.24) is 9.55 Å². The zero-order valence-electron chi connectivity index (χ0n) is 10.1. The van der Waals surface area contributed by atoms with Crippen LogP contribution in [-0.4, -0.2) is 35.0 Å². The molecule has 1 N–H and O–H groups in total. The lowest BCUT2D eigenvalue weighted by Gasteiger charge is -2.09. The Morgan fingerprint density at radius 2 is 2.28 bits per heavy atom. The number of rotatable bonds is 3. The molecule has 0 spiro atoms. The van der Waals surface area contributed by atoms with Crippen LogP contribution in [0.25, 0.3) is 0 Å². The summed E-state index contributed by atoms with van der Waals surface area (Å²) >= 11 is 0. The minimum atomic E-state index is -1.56. The quantitative estimate of drug-likeness (QED) is 0.783. The van der Waals surface area contributed by atoms with Gasteiger partial charge in [-0.3, -0.25) is 14.3 Å². The monoisotopic (exact) mass is 273 g/mol. The predicted molar refractivity (Wildman–Crippen MR) is 64.2 cm³/mol. The molecule has 98 valence electrons. The molecule has 0 bridgehead atoms. The van der Waals surface area contributed by atoms with Gasteiger partial charge < -0.3 is 9.47 Å². The average Bonchev–Trinajstić information content (AvgIpc) is 2.74. The van der Waals surface area contributed by atoms with Crippen LogP contribution in [0.5, 0.6) is 0 Å². The molecule has 0 radical (unpaired) electrons. The molecule has 7 nitrogen and oxygen atoms in total. The number of H-pyrrole nitrogens is 1. The lowest BCUT2D eigenvalue weighted by atomic mass is 10.3. The van der Waals surface area contributed by atoms with Crippen LogP contribution < -0.4 is 11.2 Å². The fourth-order valence-corrected chi connectivity index (χ4v) is 2.33. The summed E-state index contributed by atoms with van der Waals surface area (Å²) in [4.78, 5) is 25.0. The van der Waals surface area contributed by atoms with Crippen LogP contribution in [0.1, 0.15) is 5.56 Å². The Hall–Kier alpha value is -1.30. The van der Waals surface area contributed by atoms with E-state index in [2.05, 4.69) is 4.98 Å². The van der Waals surface area contributed by atoms with Crippen molar-refractivity contribution in [3.8, 4) is 0 Å². The van der Waals surface area contributed by atoms with E-state index in [0.29, 0.717) is 5.56 Å². The summed E-state index contributed by atoms with van der Waals surface area (Å²) in [5.74, 6) is 0. The number of aromatic amines is 1. The van der Waals surface area contributed by atoms with Gasteiger partial charge in [-0.15, -0.1) is 0 Å². The number of nitrogens with one attached hydrogen (secondary N) is 1. The first-order valence-electron chi connectivity index (χ1n) is 5.45. The molecule has 1 aromatic rings. The highest BCUT2D eigenvalue weighted by Gasteiger charge is 2.37. The van der Waals surface area contributed by atoms with E-state index in [0.717, 1.165) is 0 Å². The Bertz CT molecular complexity index is 578. The van der Waals surface area contributed by atoms with Gasteiger partial charge in [0.2, 0.25) is 0 Å². The summed E-state index contributed by atoms with van der Waals surface area (Å²) in [5.41, 5.74) is -0.431. The summed E-state index contributed by atoms with van der Waals surface area (Å²) in [5, 5.41) is 0. The van der Waals surface area contributed by atoms with Crippen LogP contribution in [0, 0.1) is 6.92 Å². The summed E-state index contributed by atoms with van der Waals surface area (Å²) in [6, 6.07) is -0.704. The lowest BCUT2D eigenvalue weighted by molar-refractivity contribution is 0.00400. The van der Waals surface area contributed by atoms with Crippen molar-refractivity contribution >= 4 is 7.80 Å². The van der Waals surface area contributed by atoms with E-state index in [1.807, 2.05) is 0 Å². The minimum absolute atomic E-state index is 0.260. The third-order valence-corrected chi connectivity index (χ3v) is 3.48. The van der Waals surface area contributed by atoms with E-state index >= 15 is 0 Å². The smallest absolute Gasteiger partial charge is 0.310 e. The van der Waals surface area contributed by atoms with Gasteiger partial charge in [-0.1, -0.05) is 4.57 Å². The molecule has 1 fully saturated rings. The molecule has 0 aromatic carbocycles. The standard InChI is InChI=1S/C10H13N2O5P/c1-6-3-12(9(14)11-8(6)13)4-7-5-16-10(17-7)18(2)15/h3,7,10H,4-5H2,1-2H3/p+1. The second-order valence-corrected chi connectivity index (χ2v) is 5.68. The van der Waals surface area contributed by atoms with Crippen molar-refractivity contribution in [1.29, 1.82) is 0 Å². The van der Waals surface area contributed by atoms with Gasteiger partial charge in [-0.05, 0) is 6.92 Å². The predicted octanol–water partition coefficient (Wildman–Crippen LogP) is 0.00122. The number of aryl methyl sites for hydroxylation is 1. The average molecular weight is 273 g/mol. The van der Waals surface area contributed by atoms with E-state index in [1.165, 1.54) is 17.4 Å². The summed E-state index contributed by atoms with van der Waals surface area (Å²) in [7, 11) is -1.56. The van der Waals surface area contributed by atoms with E-state index in [-0.39, 0.29) is 19.3 Å². The molecular formula is C10H14N2O5P+. The van der Waals surface area contributed by atoms with Gasteiger partial charge in [0.15, 0.2) is 0 Å². The first-order valence-corrected chi connectivity index (χ1v) is 7.22. The molecule has 1 aliphatic heterocycles. The molecule has 1 aromatic heterocycles. The molecule has 1 saturated heterocycles. The third kappa shape index (κ3) is 2.75. The van der Waals surface area contributed by atoms with Crippen LogP contribution >= 0.6 is 7.80 Å². The van der Waals surface area contributed by atoms with Gasteiger partial charge in [0, 0.05) is 11.8 Å². The minimum Gasteiger partial charge on any atom is -0.310 e. The van der Waals surface area contributed by atoms with Gasteiger partial charge in [0.1, 0.15) is 12.8 Å². The van der Waals surface area contributed by atoms with E-state index in [1.54, 1.807) is 6.92 Å². The normalized spacial score (nSPS) is 24.2. The Morgan fingerprint density at radius 1 is 1.56 bits per heavy atom. The number of aromatic nitrogens is 2. The number of hydrogen-bond acceptors (Lipinski definition) is 5. The number of hydrogen-bond donors (Lipinski definition) is 1. The SMILES string of the molecule is Cc1cn(CC2COC([P+](C)=O)O2)c(=O)[nH]c1=O. The maximum absolute atomic E-state index is 11.5. The van der Waals surface area contributed by atoms with Gasteiger partial charge in [0.05, 0.1) is 13.2 Å². The molecular weight excluding hydrogens is 259 g/mol. The molecule has 8 heteroatoms. The topological polar surface area (TPSA) is 90.4 Å². The van der Waals surface area contributed by atoms with Crippen molar-refractivity contribution in [3.63, 3.8) is 0 Å². The Labute approximate surface area is 104 Å². The van der Waals surface area contributed by atoms with Gasteiger partial charge in [-0.25, -0.2) is 4.79 Å². The second kappa shape index (κ2) is 5.14. The molecule has 2 rings (SSSR count). The first-order chi connectivity index (χ1) is 8.47. The Morgan fingerprint density at radius 3 is 2.89 bits per heavy atom. The fraction of sp³-hybridized carbons (Fsp3) is 0.600. The van der Waals surface area contributed by atoms with E-state index < -0.39 is 25.1 Å². The summed E-state index contributed by atoms with van der Waals surface area (Å²) in [6.07, 6.45) is 1.14. The third-order valence-electron chi connectivity index (χ3n) is 2.62. The van der Waals surface area contributed by atoms with Crippen molar-refractivity contribution in [2.24, 2.45) is 0 Å². The molecule has 0 aliphatic carbocycles. The molecule has 1 aliphatic rings. The summed E-state index contributed by atoms with van der Waals surface area (Å²) < 4.78 is 23.1. The van der Waals surface area contributed by atoms with E-state index in [9.17, 15) is 14.2 Å². The Balaban J connectivity index is 2.12. The van der Waals surface area contributed by atoms with Crippen LogP contribution in [0.3, 0.4) is 0 Å². The van der Waals surface area contributed by atoms with Gasteiger partial charge in [-0.2, -0.15) is 0 Å². The van der Waals surface area contributed by atoms with Crippen molar-refractivity contribution in [2.45, 2.75) is 25.6 Å². The zero-order valence-corrected chi connectivity index (χ0v) is 11.0. The van der Waals surface area contributed by atoms with Crippen molar-refractivity contribution in [2.75, 3.05) is 13.3 Å². The number of ether oxygens (including phenoxy) is 2. The fourth-order valence-electron chi connectivity index (χ4n) is 1.69. The van der Waals surface area contributed by atoms with Crippen LogP contribution in [0.15, 0.2) is 15.8 Å². The highest BCUT2D eigenvalue weighted by molar-refractivity contribution is 7.44. The molecule has 2 heterocycles. The van der Waals surface area contributed by atoms with Gasteiger partial charge in [0.25, 0.3) is 5.56 Å². The maximum Gasteiger partial charge on any atom is 0.398 e. The first kappa shape index (κ1) is 13.1. The maximum atomic E-state index is 11.5. The zero-order chi connectivity index (χ0) is 13.3. The molecule has 18 heavy (non-hydrogen) atoms.